The molecule has 0 radical (unpaired) electrons. The molecule has 0 bridgehead atoms. The number of carbonyl (C=O) groups is 1. The predicted octanol–water partition coefficient (Wildman–Crippen LogP) is 2.23. The summed E-state index contributed by atoms with van der Waals surface area (Å²) < 4.78 is 0. The summed E-state index contributed by atoms with van der Waals surface area (Å²) >= 11 is 0. The van der Waals surface area contributed by atoms with E-state index in [-0.39, 0.29) is 11.8 Å². The Bertz CT molecular complexity index is 294. The third-order valence-corrected chi connectivity index (χ3v) is 5.29. The van der Waals surface area contributed by atoms with Gasteiger partial charge in [0.05, 0.1) is 0 Å². The summed E-state index contributed by atoms with van der Waals surface area (Å²) in [5.41, 5.74) is 5.71. The fourth-order valence-electron chi connectivity index (χ4n) is 3.61. The highest BCUT2D eigenvalue weighted by atomic mass is 16.1. The molecule has 1 amide bonds. The smallest absolute Gasteiger partial charge is 0.223 e. The highest BCUT2D eigenvalue weighted by molar-refractivity contribution is 5.78. The average Bonchev–Trinajstić information content (AvgIpc) is 2.50. The lowest BCUT2D eigenvalue weighted by Gasteiger charge is -2.33. The van der Waals surface area contributed by atoms with Crippen molar-refractivity contribution in [3.63, 3.8) is 0 Å². The third-order valence-electron chi connectivity index (χ3n) is 5.29. The predicted molar refractivity (Wildman–Crippen MR) is 89.1 cm³/mol. The summed E-state index contributed by atoms with van der Waals surface area (Å²) in [4.78, 5) is 14.6. The Morgan fingerprint density at radius 2 is 1.76 bits per heavy atom. The van der Waals surface area contributed by atoms with Crippen LogP contribution < -0.4 is 11.1 Å². The van der Waals surface area contributed by atoms with E-state index in [1.54, 1.807) is 0 Å². The molecule has 0 aliphatic heterocycles. The molecule has 3 N–H and O–H groups in total. The van der Waals surface area contributed by atoms with Crippen LogP contribution in [0.5, 0.6) is 0 Å². The van der Waals surface area contributed by atoms with E-state index in [2.05, 4.69) is 38.2 Å². The van der Waals surface area contributed by atoms with E-state index in [9.17, 15) is 4.79 Å². The van der Waals surface area contributed by atoms with E-state index in [0.717, 1.165) is 51.6 Å². The Morgan fingerprint density at radius 3 is 2.19 bits per heavy atom. The summed E-state index contributed by atoms with van der Waals surface area (Å²) in [6.07, 6.45) is 6.56. The van der Waals surface area contributed by atoms with E-state index in [0.29, 0.717) is 17.9 Å². The lowest BCUT2D eigenvalue weighted by molar-refractivity contribution is -0.126. The standard InChI is InChI=1S/C17H35N3O/c1-5-14(6-2)16(20(3)4)12-19-17(21)15-9-7-13(11-18)8-10-15/h13-16H,5-12,18H2,1-4H3,(H,19,21). The minimum atomic E-state index is 0.206. The molecule has 124 valence electrons. The lowest BCUT2D eigenvalue weighted by atomic mass is 9.81. The summed E-state index contributed by atoms with van der Waals surface area (Å²) in [5.74, 6) is 1.74. The Balaban J connectivity index is 2.43. The molecule has 1 saturated carbocycles. The van der Waals surface area contributed by atoms with Crippen LogP contribution in [-0.4, -0.2) is 44.0 Å². The SMILES string of the molecule is CCC(CC)C(CNC(=O)C1CCC(CN)CC1)N(C)C. The van der Waals surface area contributed by atoms with Crippen LogP contribution in [0.2, 0.25) is 0 Å². The first kappa shape index (κ1) is 18.4. The zero-order valence-electron chi connectivity index (χ0n) is 14.4. The maximum Gasteiger partial charge on any atom is 0.223 e. The largest absolute Gasteiger partial charge is 0.354 e. The number of nitrogens with one attached hydrogen (secondary N) is 1. The van der Waals surface area contributed by atoms with Gasteiger partial charge in [-0.05, 0) is 58.2 Å². The van der Waals surface area contributed by atoms with E-state index in [4.69, 9.17) is 5.73 Å². The highest BCUT2D eigenvalue weighted by Gasteiger charge is 2.27. The first-order chi connectivity index (χ1) is 10.0. The normalized spacial score (nSPS) is 24.3. The second-order valence-electron chi connectivity index (χ2n) is 6.81. The van der Waals surface area contributed by atoms with Crippen LogP contribution >= 0.6 is 0 Å². The minimum Gasteiger partial charge on any atom is -0.354 e. The third kappa shape index (κ3) is 5.59. The average molecular weight is 297 g/mol. The van der Waals surface area contributed by atoms with Crippen LogP contribution in [0.15, 0.2) is 0 Å². The van der Waals surface area contributed by atoms with Crippen LogP contribution in [-0.2, 0) is 4.79 Å². The molecule has 1 atom stereocenters. The van der Waals surface area contributed by atoms with Gasteiger partial charge >= 0.3 is 0 Å². The molecule has 0 aromatic carbocycles. The van der Waals surface area contributed by atoms with Crippen molar-refractivity contribution in [1.29, 1.82) is 0 Å². The summed E-state index contributed by atoms with van der Waals surface area (Å²) in [7, 11) is 4.23. The van der Waals surface area contributed by atoms with Crippen molar-refractivity contribution in [2.45, 2.75) is 58.4 Å². The second kappa shape index (κ2) is 9.42. The molecule has 1 unspecified atom stereocenters. The molecule has 1 rings (SSSR count). The summed E-state index contributed by atoms with van der Waals surface area (Å²) in [5, 5.41) is 3.20. The van der Waals surface area contributed by atoms with Gasteiger partial charge in [0.25, 0.3) is 0 Å². The van der Waals surface area contributed by atoms with Gasteiger partial charge in [0.2, 0.25) is 5.91 Å². The van der Waals surface area contributed by atoms with Gasteiger partial charge < -0.3 is 16.0 Å². The molecule has 0 heterocycles. The van der Waals surface area contributed by atoms with Crippen LogP contribution in [0, 0.1) is 17.8 Å². The van der Waals surface area contributed by atoms with Crippen LogP contribution in [0.3, 0.4) is 0 Å². The second-order valence-corrected chi connectivity index (χ2v) is 6.81. The van der Waals surface area contributed by atoms with Crippen molar-refractivity contribution in [1.82, 2.24) is 10.2 Å². The molecule has 4 heteroatoms. The van der Waals surface area contributed by atoms with Gasteiger partial charge in [0.15, 0.2) is 0 Å². The van der Waals surface area contributed by atoms with Crippen molar-refractivity contribution in [3.05, 3.63) is 0 Å². The molecule has 21 heavy (non-hydrogen) atoms. The number of carbonyl (C=O) groups excluding carboxylic acids is 1. The Hall–Kier alpha value is -0.610. The monoisotopic (exact) mass is 297 g/mol. The van der Waals surface area contributed by atoms with Gasteiger partial charge in [-0.1, -0.05) is 26.7 Å². The number of nitrogens with two attached hydrogens (primary N) is 1. The maximum absolute atomic E-state index is 12.4. The fraction of sp³-hybridized carbons (Fsp3) is 0.941. The number of hydrogen-bond acceptors (Lipinski definition) is 3. The quantitative estimate of drug-likeness (QED) is 0.722. The van der Waals surface area contributed by atoms with Crippen molar-refractivity contribution < 1.29 is 4.79 Å². The van der Waals surface area contributed by atoms with Crippen molar-refractivity contribution in [2.24, 2.45) is 23.5 Å². The summed E-state index contributed by atoms with van der Waals surface area (Å²) in [6.45, 7) is 6.02. The number of rotatable bonds is 8. The van der Waals surface area contributed by atoms with Crippen molar-refractivity contribution in [3.8, 4) is 0 Å². The fourth-order valence-corrected chi connectivity index (χ4v) is 3.61. The zero-order chi connectivity index (χ0) is 15.8. The van der Waals surface area contributed by atoms with E-state index in [1.165, 1.54) is 0 Å². The Morgan fingerprint density at radius 1 is 1.19 bits per heavy atom. The number of nitrogens with zero attached hydrogens (tertiary/aromatic N) is 1. The lowest BCUT2D eigenvalue weighted by Crippen LogP contribution is -2.46. The molecular weight excluding hydrogens is 262 g/mol. The van der Waals surface area contributed by atoms with E-state index < -0.39 is 0 Å². The molecule has 1 fully saturated rings. The Labute approximate surface area is 130 Å². The van der Waals surface area contributed by atoms with Crippen LogP contribution in [0.25, 0.3) is 0 Å². The van der Waals surface area contributed by atoms with Gasteiger partial charge in [-0.3, -0.25) is 4.79 Å². The first-order valence-electron chi connectivity index (χ1n) is 8.67. The molecular formula is C17H35N3O. The van der Waals surface area contributed by atoms with Gasteiger partial charge in [-0.2, -0.15) is 0 Å². The van der Waals surface area contributed by atoms with Gasteiger partial charge in [-0.25, -0.2) is 0 Å². The molecule has 4 nitrogen and oxygen atoms in total. The molecule has 0 saturated heterocycles. The first-order valence-corrected chi connectivity index (χ1v) is 8.67. The molecule has 0 aromatic rings. The number of likely N-dealkylation sites (N-methyl/N-ethyl adjacent to an activating group) is 1. The Kier molecular flexibility index (Phi) is 8.27. The number of hydrogen-bond donors (Lipinski definition) is 2. The van der Waals surface area contributed by atoms with Gasteiger partial charge in [0.1, 0.15) is 0 Å². The maximum atomic E-state index is 12.4. The van der Waals surface area contributed by atoms with E-state index in [1.807, 2.05) is 0 Å². The molecule has 0 spiro atoms. The van der Waals surface area contributed by atoms with Crippen molar-refractivity contribution >= 4 is 5.91 Å². The van der Waals surface area contributed by atoms with E-state index >= 15 is 0 Å². The van der Waals surface area contributed by atoms with Crippen LogP contribution in [0.4, 0.5) is 0 Å². The molecule has 0 aromatic heterocycles. The van der Waals surface area contributed by atoms with Crippen molar-refractivity contribution in [2.75, 3.05) is 27.2 Å². The number of amides is 1. The summed E-state index contributed by atoms with van der Waals surface area (Å²) in [6, 6.07) is 0.435. The zero-order valence-corrected chi connectivity index (χ0v) is 14.4. The molecule has 1 aliphatic rings. The van der Waals surface area contributed by atoms with Gasteiger partial charge in [0, 0.05) is 18.5 Å². The topological polar surface area (TPSA) is 58.4 Å². The minimum absolute atomic E-state index is 0.206. The molecule has 1 aliphatic carbocycles. The van der Waals surface area contributed by atoms with Crippen LogP contribution in [0.1, 0.15) is 52.4 Å². The van der Waals surface area contributed by atoms with Gasteiger partial charge in [-0.15, -0.1) is 0 Å². The highest BCUT2D eigenvalue weighted by Crippen LogP contribution is 2.28.